The van der Waals surface area contributed by atoms with Gasteiger partial charge in [-0.15, -0.1) is 0 Å². The molecule has 0 atom stereocenters. The summed E-state index contributed by atoms with van der Waals surface area (Å²) < 4.78 is 4.71. The molecule has 0 amide bonds. The number of methoxy groups -OCH3 is 1. The first-order chi connectivity index (χ1) is 7.22. The molecule has 15 heavy (non-hydrogen) atoms. The van der Waals surface area contributed by atoms with Gasteiger partial charge in [0.25, 0.3) is 0 Å². The smallest absolute Gasteiger partial charge is 0.338 e. The van der Waals surface area contributed by atoms with Crippen molar-refractivity contribution in [3.8, 4) is 0 Å². The molecule has 1 heterocycles. The van der Waals surface area contributed by atoms with Gasteiger partial charge in [-0.2, -0.15) is 0 Å². The summed E-state index contributed by atoms with van der Waals surface area (Å²) in [5.74, 6) is -0.328. The van der Waals surface area contributed by atoms with Crippen molar-refractivity contribution in [2.45, 2.75) is 6.92 Å². The number of ether oxygens (including phenoxy) is 1. The van der Waals surface area contributed by atoms with E-state index in [0.717, 1.165) is 16.5 Å². The highest BCUT2D eigenvalue weighted by molar-refractivity contribution is 6.04. The summed E-state index contributed by atoms with van der Waals surface area (Å²) in [6.07, 6.45) is 1.71. The minimum absolute atomic E-state index is 0.328. The minimum Gasteiger partial charge on any atom is -0.465 e. The zero-order chi connectivity index (χ0) is 10.8. The van der Waals surface area contributed by atoms with Crippen LogP contribution >= 0.6 is 0 Å². The molecule has 1 aromatic carbocycles. The van der Waals surface area contributed by atoms with Crippen molar-refractivity contribution in [3.05, 3.63) is 41.7 Å². The molecule has 0 aliphatic rings. The van der Waals surface area contributed by atoms with Gasteiger partial charge in [0.1, 0.15) is 0 Å². The van der Waals surface area contributed by atoms with Gasteiger partial charge in [-0.25, -0.2) is 4.79 Å². The third-order valence-electron chi connectivity index (χ3n) is 2.31. The topological polar surface area (TPSA) is 39.2 Å². The lowest BCUT2D eigenvalue weighted by Gasteiger charge is -2.04. The lowest BCUT2D eigenvalue weighted by molar-refractivity contribution is 0.0603. The fourth-order valence-electron chi connectivity index (χ4n) is 1.57. The zero-order valence-electron chi connectivity index (χ0n) is 8.65. The number of rotatable bonds is 1. The molecule has 0 unspecified atom stereocenters. The third-order valence-corrected chi connectivity index (χ3v) is 2.31. The van der Waals surface area contributed by atoms with Crippen LogP contribution < -0.4 is 0 Å². The van der Waals surface area contributed by atoms with Gasteiger partial charge in [-0.1, -0.05) is 12.1 Å². The van der Waals surface area contributed by atoms with Gasteiger partial charge in [0, 0.05) is 17.3 Å². The molecule has 2 aromatic rings. The average Bonchev–Trinajstić information content (AvgIpc) is 2.26. The van der Waals surface area contributed by atoms with Crippen LogP contribution in [0.15, 0.2) is 30.5 Å². The molecule has 0 saturated carbocycles. The van der Waals surface area contributed by atoms with Crippen molar-refractivity contribution < 1.29 is 9.53 Å². The van der Waals surface area contributed by atoms with Crippen LogP contribution in [0.1, 0.15) is 16.1 Å². The number of nitrogens with zero attached hydrogens (tertiary/aromatic N) is 1. The molecule has 0 N–H and O–H groups in total. The van der Waals surface area contributed by atoms with Crippen molar-refractivity contribution in [1.29, 1.82) is 0 Å². The summed E-state index contributed by atoms with van der Waals surface area (Å²) in [4.78, 5) is 15.6. The van der Waals surface area contributed by atoms with Crippen LogP contribution in [0.4, 0.5) is 0 Å². The number of benzene rings is 1. The molecule has 0 spiro atoms. The highest BCUT2D eigenvalue weighted by Crippen LogP contribution is 2.19. The Morgan fingerprint density at radius 1 is 1.40 bits per heavy atom. The predicted molar refractivity (Wildman–Crippen MR) is 57.8 cm³/mol. The number of esters is 1. The van der Waals surface area contributed by atoms with Crippen molar-refractivity contribution in [2.75, 3.05) is 7.11 Å². The number of aryl methyl sites for hydroxylation is 1. The first-order valence-electron chi connectivity index (χ1n) is 4.66. The lowest BCUT2D eigenvalue weighted by atomic mass is 10.1. The van der Waals surface area contributed by atoms with Crippen LogP contribution in [0.25, 0.3) is 10.8 Å². The second-order valence-corrected chi connectivity index (χ2v) is 3.34. The first-order valence-corrected chi connectivity index (χ1v) is 4.66. The molecule has 3 heteroatoms. The van der Waals surface area contributed by atoms with E-state index in [1.165, 1.54) is 7.11 Å². The number of fused-ring (bicyclic) bond motifs is 1. The van der Waals surface area contributed by atoms with Crippen LogP contribution in [-0.4, -0.2) is 18.1 Å². The van der Waals surface area contributed by atoms with E-state index in [0.29, 0.717) is 5.56 Å². The largest absolute Gasteiger partial charge is 0.465 e. The molecule has 0 fully saturated rings. The van der Waals surface area contributed by atoms with Gasteiger partial charge in [-0.3, -0.25) is 4.98 Å². The molecule has 0 aliphatic carbocycles. The summed E-state index contributed by atoms with van der Waals surface area (Å²) in [6.45, 7) is 1.92. The molecule has 2 rings (SSSR count). The molecule has 0 saturated heterocycles. The lowest BCUT2D eigenvalue weighted by Crippen LogP contribution is -2.02. The quantitative estimate of drug-likeness (QED) is 0.665. The molecule has 0 aliphatic heterocycles. The Morgan fingerprint density at radius 3 is 2.93 bits per heavy atom. The van der Waals surface area contributed by atoms with Crippen LogP contribution in [0.3, 0.4) is 0 Å². The van der Waals surface area contributed by atoms with E-state index in [2.05, 4.69) is 4.98 Å². The fraction of sp³-hybridized carbons (Fsp3) is 0.167. The van der Waals surface area contributed by atoms with Gasteiger partial charge < -0.3 is 4.74 Å². The maximum atomic E-state index is 11.5. The summed E-state index contributed by atoms with van der Waals surface area (Å²) in [7, 11) is 1.38. The van der Waals surface area contributed by atoms with Crippen molar-refractivity contribution in [2.24, 2.45) is 0 Å². The van der Waals surface area contributed by atoms with Gasteiger partial charge in [0.15, 0.2) is 0 Å². The molecule has 1 aromatic heterocycles. The Kier molecular flexibility index (Phi) is 2.37. The highest BCUT2D eigenvalue weighted by atomic mass is 16.5. The molecule has 3 nitrogen and oxygen atoms in total. The van der Waals surface area contributed by atoms with Crippen molar-refractivity contribution >= 4 is 16.7 Å². The maximum Gasteiger partial charge on any atom is 0.338 e. The number of aromatic nitrogens is 1. The summed E-state index contributed by atoms with van der Waals surface area (Å²) in [6, 6.07) is 7.48. The van der Waals surface area contributed by atoms with Crippen LogP contribution in [0.2, 0.25) is 0 Å². The van der Waals surface area contributed by atoms with Gasteiger partial charge in [0.05, 0.1) is 12.7 Å². The Hall–Kier alpha value is -1.90. The molecular weight excluding hydrogens is 190 g/mol. The van der Waals surface area contributed by atoms with E-state index in [-0.39, 0.29) is 5.97 Å². The summed E-state index contributed by atoms with van der Waals surface area (Å²) in [5, 5.41) is 1.83. The first kappa shape index (κ1) is 9.65. The molecule has 76 valence electrons. The monoisotopic (exact) mass is 201 g/mol. The van der Waals surface area contributed by atoms with E-state index in [1.54, 1.807) is 12.3 Å². The number of carbonyl (C=O) groups is 1. The molecule has 0 radical (unpaired) electrons. The Bertz CT molecular complexity index is 520. The number of pyridine rings is 1. The summed E-state index contributed by atoms with van der Waals surface area (Å²) >= 11 is 0. The normalized spacial score (nSPS) is 10.3. The standard InChI is InChI=1S/C12H11NO2/c1-8-6-9-4-3-5-10(12(14)15-2)11(9)7-13-8/h3-7H,1-2H3. The maximum absolute atomic E-state index is 11.5. The second-order valence-electron chi connectivity index (χ2n) is 3.34. The summed E-state index contributed by atoms with van der Waals surface area (Å²) in [5.41, 5.74) is 1.49. The number of hydrogen-bond acceptors (Lipinski definition) is 3. The number of carbonyl (C=O) groups excluding carboxylic acids is 1. The average molecular weight is 201 g/mol. The van der Waals surface area contributed by atoms with E-state index in [9.17, 15) is 4.79 Å². The van der Waals surface area contributed by atoms with E-state index in [1.807, 2.05) is 25.1 Å². The van der Waals surface area contributed by atoms with E-state index in [4.69, 9.17) is 4.74 Å². The molecular formula is C12H11NO2. The second kappa shape index (κ2) is 3.69. The Morgan fingerprint density at radius 2 is 2.20 bits per heavy atom. The van der Waals surface area contributed by atoms with E-state index >= 15 is 0 Å². The highest BCUT2D eigenvalue weighted by Gasteiger charge is 2.09. The van der Waals surface area contributed by atoms with E-state index < -0.39 is 0 Å². The van der Waals surface area contributed by atoms with Crippen molar-refractivity contribution in [3.63, 3.8) is 0 Å². The zero-order valence-corrected chi connectivity index (χ0v) is 8.65. The number of hydrogen-bond donors (Lipinski definition) is 0. The fourth-order valence-corrected chi connectivity index (χ4v) is 1.57. The SMILES string of the molecule is COC(=O)c1cccc2cc(C)ncc12. The van der Waals surface area contributed by atoms with Crippen LogP contribution in [0.5, 0.6) is 0 Å². The molecule has 0 bridgehead atoms. The van der Waals surface area contributed by atoms with Crippen LogP contribution in [0, 0.1) is 6.92 Å². The van der Waals surface area contributed by atoms with Gasteiger partial charge in [-0.05, 0) is 24.4 Å². The third kappa shape index (κ3) is 1.68. The van der Waals surface area contributed by atoms with Gasteiger partial charge in [0.2, 0.25) is 0 Å². The Labute approximate surface area is 87.7 Å². The van der Waals surface area contributed by atoms with Crippen LogP contribution in [-0.2, 0) is 4.74 Å². The van der Waals surface area contributed by atoms with Crippen molar-refractivity contribution in [1.82, 2.24) is 4.98 Å². The minimum atomic E-state index is -0.328. The van der Waals surface area contributed by atoms with Gasteiger partial charge >= 0.3 is 5.97 Å². The Balaban J connectivity index is 2.71. The predicted octanol–water partition coefficient (Wildman–Crippen LogP) is 2.33.